The lowest BCUT2D eigenvalue weighted by atomic mass is 9.98. The Morgan fingerprint density at radius 1 is 1.27 bits per heavy atom. The van der Waals surface area contributed by atoms with Gasteiger partial charge in [-0.2, -0.15) is 5.10 Å². The lowest BCUT2D eigenvalue weighted by Crippen LogP contribution is -2.28. The number of nitrogens with one attached hydrogen (secondary N) is 1. The third kappa shape index (κ3) is 2.82. The number of fused-ring (bicyclic) bond motifs is 3. The Kier molecular flexibility index (Phi) is 4.12. The molecule has 0 radical (unpaired) electrons. The number of benzene rings is 2. The molecule has 7 heteroatoms. The highest BCUT2D eigenvalue weighted by molar-refractivity contribution is 6.35. The average molecular weight is 369 g/mol. The summed E-state index contributed by atoms with van der Waals surface area (Å²) in [4.78, 5) is 26.3. The first-order valence-electron chi connectivity index (χ1n) is 8.34. The van der Waals surface area contributed by atoms with E-state index in [1.54, 1.807) is 4.90 Å². The molecule has 6 nitrogen and oxygen atoms in total. The number of amides is 2. The molecule has 2 amide bonds. The third-order valence-corrected chi connectivity index (χ3v) is 5.04. The summed E-state index contributed by atoms with van der Waals surface area (Å²) in [5, 5.41) is 7.90. The maximum absolute atomic E-state index is 12.6. The van der Waals surface area contributed by atoms with Crippen LogP contribution in [0.2, 0.25) is 5.02 Å². The summed E-state index contributed by atoms with van der Waals surface area (Å²) in [6.45, 7) is 0.892. The van der Waals surface area contributed by atoms with E-state index >= 15 is 0 Å². The van der Waals surface area contributed by atoms with Gasteiger partial charge in [-0.05, 0) is 29.2 Å². The molecule has 4 rings (SSSR count). The first-order valence-corrected chi connectivity index (χ1v) is 8.72. The van der Waals surface area contributed by atoms with Gasteiger partial charge in [0.05, 0.1) is 5.02 Å². The molecule has 3 N–H and O–H groups in total. The van der Waals surface area contributed by atoms with Gasteiger partial charge in [0, 0.05) is 24.9 Å². The number of halogens is 1. The molecule has 1 aromatic heterocycles. The van der Waals surface area contributed by atoms with Gasteiger partial charge in [-0.25, -0.2) is 0 Å². The lowest BCUT2D eigenvalue weighted by molar-refractivity contribution is -0.132. The summed E-state index contributed by atoms with van der Waals surface area (Å²) in [6, 6.07) is 11.7. The molecule has 2 aromatic carbocycles. The van der Waals surface area contributed by atoms with Crippen molar-refractivity contribution < 1.29 is 9.59 Å². The Morgan fingerprint density at radius 2 is 2.04 bits per heavy atom. The normalized spacial score (nSPS) is 14.3. The van der Waals surface area contributed by atoms with Crippen LogP contribution in [0.3, 0.4) is 0 Å². The van der Waals surface area contributed by atoms with E-state index in [-0.39, 0.29) is 11.6 Å². The quantitative estimate of drug-likeness (QED) is 0.744. The Bertz CT molecular complexity index is 1010. The number of rotatable bonds is 3. The number of aryl methyl sites for hydroxylation is 1. The van der Waals surface area contributed by atoms with Crippen LogP contribution in [0.5, 0.6) is 0 Å². The van der Waals surface area contributed by atoms with E-state index in [4.69, 9.17) is 17.3 Å². The number of hydrogen-bond donors (Lipinski definition) is 2. The van der Waals surface area contributed by atoms with E-state index in [0.717, 1.165) is 16.7 Å². The first kappa shape index (κ1) is 16.6. The molecule has 0 spiro atoms. The molecule has 0 atom stereocenters. The van der Waals surface area contributed by atoms with Gasteiger partial charge in [-0.15, -0.1) is 0 Å². The van der Waals surface area contributed by atoms with Gasteiger partial charge in [0.1, 0.15) is 11.2 Å². The topological polar surface area (TPSA) is 92.1 Å². The molecule has 0 bridgehead atoms. The number of carbonyl (C=O) groups excluding carboxylic acids is 2. The molecule has 2 heterocycles. The van der Waals surface area contributed by atoms with Crippen LogP contribution >= 0.6 is 11.6 Å². The molecular weight excluding hydrogens is 352 g/mol. The zero-order valence-electron chi connectivity index (χ0n) is 14.0. The standard InChI is InChI=1S/C19H17ClN4O2/c20-14-8-12-6-7-15(25)24(9-11-4-2-1-3-5-11)10-13(12)16-17(14)22-23-18(16)19(21)26/h1-5,8H,6-7,9-10H2,(H2,21,26)(H,22,23). The number of H-pyrrole nitrogens is 1. The van der Waals surface area contributed by atoms with Crippen LogP contribution in [0.25, 0.3) is 10.9 Å². The number of aromatic amines is 1. The molecule has 1 aliphatic heterocycles. The van der Waals surface area contributed by atoms with Crippen LogP contribution in [-0.4, -0.2) is 26.9 Å². The molecule has 1 aliphatic rings. The van der Waals surface area contributed by atoms with E-state index in [0.29, 0.717) is 41.9 Å². The molecule has 0 aliphatic carbocycles. The van der Waals surface area contributed by atoms with E-state index in [9.17, 15) is 9.59 Å². The second-order valence-electron chi connectivity index (χ2n) is 6.42. The van der Waals surface area contributed by atoms with Gasteiger partial charge in [-0.1, -0.05) is 41.9 Å². The SMILES string of the molecule is NC(=O)c1[nH]nc2c(Cl)cc3c(c12)CN(Cc1ccccc1)C(=O)CC3. The Hall–Kier alpha value is -2.86. The van der Waals surface area contributed by atoms with Crippen molar-refractivity contribution in [3.8, 4) is 0 Å². The van der Waals surface area contributed by atoms with Crippen molar-refractivity contribution in [1.82, 2.24) is 15.1 Å². The molecule has 132 valence electrons. The molecule has 0 saturated carbocycles. The van der Waals surface area contributed by atoms with Gasteiger partial charge >= 0.3 is 0 Å². The van der Waals surface area contributed by atoms with Gasteiger partial charge in [0.2, 0.25) is 5.91 Å². The highest BCUT2D eigenvalue weighted by Crippen LogP contribution is 2.34. The minimum absolute atomic E-state index is 0.0680. The number of primary amides is 1. The molecule has 0 saturated heterocycles. The van der Waals surface area contributed by atoms with Crippen molar-refractivity contribution in [2.45, 2.75) is 25.9 Å². The van der Waals surface area contributed by atoms with Gasteiger partial charge in [0.25, 0.3) is 5.91 Å². The zero-order chi connectivity index (χ0) is 18.3. The van der Waals surface area contributed by atoms with Gasteiger partial charge in [0.15, 0.2) is 0 Å². The first-order chi connectivity index (χ1) is 12.5. The number of hydrogen-bond acceptors (Lipinski definition) is 3. The van der Waals surface area contributed by atoms with Crippen LogP contribution in [-0.2, 0) is 24.3 Å². The maximum atomic E-state index is 12.6. The van der Waals surface area contributed by atoms with Gasteiger partial charge in [-0.3, -0.25) is 14.7 Å². The molecule has 26 heavy (non-hydrogen) atoms. The van der Waals surface area contributed by atoms with Crippen molar-refractivity contribution in [3.63, 3.8) is 0 Å². The summed E-state index contributed by atoms with van der Waals surface area (Å²) >= 11 is 6.33. The smallest absolute Gasteiger partial charge is 0.267 e. The highest BCUT2D eigenvalue weighted by atomic mass is 35.5. The van der Waals surface area contributed by atoms with E-state index in [1.807, 2.05) is 36.4 Å². The van der Waals surface area contributed by atoms with Crippen LogP contribution in [0, 0.1) is 0 Å². The number of carbonyl (C=O) groups is 2. The van der Waals surface area contributed by atoms with E-state index in [2.05, 4.69) is 10.2 Å². The lowest BCUT2D eigenvalue weighted by Gasteiger charge is -2.22. The van der Waals surface area contributed by atoms with Crippen LogP contribution in [0.4, 0.5) is 0 Å². The van der Waals surface area contributed by atoms with E-state index < -0.39 is 5.91 Å². The molecule has 3 aromatic rings. The van der Waals surface area contributed by atoms with E-state index in [1.165, 1.54) is 0 Å². The fourth-order valence-corrected chi connectivity index (χ4v) is 3.75. The predicted molar refractivity (Wildman–Crippen MR) is 98.6 cm³/mol. The van der Waals surface area contributed by atoms with Crippen molar-refractivity contribution in [3.05, 3.63) is 63.8 Å². The monoisotopic (exact) mass is 368 g/mol. The van der Waals surface area contributed by atoms with Crippen LogP contribution in [0.15, 0.2) is 36.4 Å². The summed E-state index contributed by atoms with van der Waals surface area (Å²) in [5.41, 5.74) is 9.12. The minimum atomic E-state index is -0.595. The summed E-state index contributed by atoms with van der Waals surface area (Å²) in [6.07, 6.45) is 0.962. The Labute approximate surface area is 154 Å². The number of aromatic nitrogens is 2. The molecular formula is C19H17ClN4O2. The Balaban J connectivity index is 1.82. The third-order valence-electron chi connectivity index (χ3n) is 4.76. The van der Waals surface area contributed by atoms with Crippen molar-refractivity contribution >= 4 is 34.3 Å². The number of nitrogens with two attached hydrogens (primary N) is 1. The maximum Gasteiger partial charge on any atom is 0.267 e. The molecule has 0 fully saturated rings. The predicted octanol–water partition coefficient (Wildman–Crippen LogP) is 2.79. The second-order valence-corrected chi connectivity index (χ2v) is 6.83. The van der Waals surface area contributed by atoms with Crippen molar-refractivity contribution in [2.24, 2.45) is 5.73 Å². The largest absolute Gasteiger partial charge is 0.364 e. The number of nitrogens with zero attached hydrogens (tertiary/aromatic N) is 2. The van der Waals surface area contributed by atoms with Crippen molar-refractivity contribution in [2.75, 3.05) is 0 Å². The zero-order valence-corrected chi connectivity index (χ0v) is 14.7. The van der Waals surface area contributed by atoms with Crippen molar-refractivity contribution in [1.29, 1.82) is 0 Å². The highest BCUT2D eigenvalue weighted by Gasteiger charge is 2.26. The summed E-state index contributed by atoms with van der Waals surface area (Å²) < 4.78 is 0. The second kappa shape index (κ2) is 6.46. The average Bonchev–Trinajstić information content (AvgIpc) is 3.02. The Morgan fingerprint density at radius 3 is 2.77 bits per heavy atom. The summed E-state index contributed by atoms with van der Waals surface area (Å²) in [7, 11) is 0. The molecule has 0 unspecified atom stereocenters. The van der Waals surface area contributed by atoms with Crippen LogP contribution < -0.4 is 5.73 Å². The minimum Gasteiger partial charge on any atom is -0.364 e. The fourth-order valence-electron chi connectivity index (χ4n) is 3.49. The fraction of sp³-hybridized carbons (Fsp3) is 0.211. The summed E-state index contributed by atoms with van der Waals surface area (Å²) in [5.74, 6) is -0.527. The van der Waals surface area contributed by atoms with Crippen LogP contribution in [0.1, 0.15) is 33.6 Å². The van der Waals surface area contributed by atoms with Gasteiger partial charge < -0.3 is 10.6 Å².